The summed E-state index contributed by atoms with van der Waals surface area (Å²) in [6.07, 6.45) is 1.75. The molecule has 1 aromatic heterocycles. The van der Waals surface area contributed by atoms with Crippen LogP contribution in [0.5, 0.6) is 0 Å². The molecule has 1 amide bonds. The number of aromatic nitrogens is 1. The van der Waals surface area contributed by atoms with Gasteiger partial charge in [0, 0.05) is 22.4 Å². The summed E-state index contributed by atoms with van der Waals surface area (Å²) in [5.74, 6) is -0.0740. The van der Waals surface area contributed by atoms with Gasteiger partial charge in [0.05, 0.1) is 12.2 Å². The molecule has 4 nitrogen and oxygen atoms in total. The van der Waals surface area contributed by atoms with Crippen LogP contribution in [0.3, 0.4) is 0 Å². The number of hydrogen-bond acceptors (Lipinski definition) is 3. The normalized spacial score (nSPS) is 11.9. The zero-order valence-electron chi connectivity index (χ0n) is 11.1. The van der Waals surface area contributed by atoms with Crippen molar-refractivity contribution in [2.75, 3.05) is 11.9 Å². The predicted octanol–water partition coefficient (Wildman–Crippen LogP) is 3.13. The van der Waals surface area contributed by atoms with E-state index in [1.807, 2.05) is 49.4 Å². The van der Waals surface area contributed by atoms with Crippen LogP contribution < -0.4 is 10.6 Å². The third-order valence-corrected chi connectivity index (χ3v) is 3.36. The molecule has 0 saturated heterocycles. The van der Waals surface area contributed by atoms with Crippen LogP contribution in [0.2, 0.25) is 0 Å². The van der Waals surface area contributed by atoms with Crippen molar-refractivity contribution in [3.05, 3.63) is 58.8 Å². The van der Waals surface area contributed by atoms with Crippen molar-refractivity contribution in [3.8, 4) is 0 Å². The van der Waals surface area contributed by atoms with Gasteiger partial charge >= 0.3 is 0 Å². The SMILES string of the molecule is CC(NCC(=O)Nc1ccc(Br)cc1)c1ccccn1. The largest absolute Gasteiger partial charge is 0.325 e. The Balaban J connectivity index is 1.82. The minimum absolute atomic E-state index is 0.0341. The van der Waals surface area contributed by atoms with Crippen LogP contribution in [0.4, 0.5) is 5.69 Å². The Kier molecular flexibility index (Phi) is 5.26. The summed E-state index contributed by atoms with van der Waals surface area (Å²) in [7, 11) is 0. The second-order valence-electron chi connectivity index (χ2n) is 4.41. The molecule has 0 aliphatic carbocycles. The fraction of sp³-hybridized carbons (Fsp3) is 0.200. The summed E-state index contributed by atoms with van der Waals surface area (Å²) < 4.78 is 0.984. The van der Waals surface area contributed by atoms with Gasteiger partial charge in [-0.1, -0.05) is 22.0 Å². The van der Waals surface area contributed by atoms with E-state index in [0.29, 0.717) is 0 Å². The number of rotatable bonds is 5. The monoisotopic (exact) mass is 333 g/mol. The van der Waals surface area contributed by atoms with Crippen molar-refractivity contribution < 1.29 is 4.79 Å². The van der Waals surface area contributed by atoms with Crippen molar-refractivity contribution in [1.29, 1.82) is 0 Å². The van der Waals surface area contributed by atoms with E-state index in [4.69, 9.17) is 0 Å². The molecule has 104 valence electrons. The third kappa shape index (κ3) is 4.43. The molecule has 20 heavy (non-hydrogen) atoms. The minimum Gasteiger partial charge on any atom is -0.325 e. The molecule has 0 bridgehead atoms. The highest BCUT2D eigenvalue weighted by atomic mass is 79.9. The average Bonchev–Trinajstić information content (AvgIpc) is 2.48. The van der Waals surface area contributed by atoms with Crippen LogP contribution >= 0.6 is 15.9 Å². The van der Waals surface area contributed by atoms with E-state index in [9.17, 15) is 4.79 Å². The highest BCUT2D eigenvalue weighted by Crippen LogP contribution is 2.14. The van der Waals surface area contributed by atoms with Gasteiger partial charge in [-0.05, 0) is 43.3 Å². The molecular formula is C15H16BrN3O. The molecule has 0 aliphatic rings. The molecule has 2 N–H and O–H groups in total. The minimum atomic E-state index is -0.0740. The first-order chi connectivity index (χ1) is 9.65. The van der Waals surface area contributed by atoms with Crippen LogP contribution in [0.15, 0.2) is 53.1 Å². The molecule has 0 radical (unpaired) electrons. The molecule has 1 atom stereocenters. The van der Waals surface area contributed by atoms with Gasteiger partial charge in [-0.25, -0.2) is 0 Å². The molecule has 5 heteroatoms. The molecular weight excluding hydrogens is 318 g/mol. The van der Waals surface area contributed by atoms with Gasteiger partial charge in [0.25, 0.3) is 0 Å². The van der Waals surface area contributed by atoms with Crippen molar-refractivity contribution >= 4 is 27.5 Å². The number of benzene rings is 1. The fourth-order valence-electron chi connectivity index (χ4n) is 1.72. The Bertz CT molecular complexity index is 557. The van der Waals surface area contributed by atoms with Gasteiger partial charge in [0.15, 0.2) is 0 Å². The van der Waals surface area contributed by atoms with Crippen LogP contribution in [-0.4, -0.2) is 17.4 Å². The molecule has 0 aliphatic heterocycles. The molecule has 0 spiro atoms. The maximum Gasteiger partial charge on any atom is 0.238 e. The van der Waals surface area contributed by atoms with E-state index >= 15 is 0 Å². The molecule has 2 rings (SSSR count). The van der Waals surface area contributed by atoms with Crippen LogP contribution in [-0.2, 0) is 4.79 Å². The Morgan fingerprint density at radius 3 is 2.65 bits per heavy atom. The molecule has 2 aromatic rings. The van der Waals surface area contributed by atoms with Gasteiger partial charge in [-0.15, -0.1) is 0 Å². The first-order valence-electron chi connectivity index (χ1n) is 6.35. The summed E-state index contributed by atoms with van der Waals surface area (Å²) in [6, 6.07) is 13.3. The van der Waals surface area contributed by atoms with Crippen molar-refractivity contribution in [1.82, 2.24) is 10.3 Å². The lowest BCUT2D eigenvalue weighted by atomic mass is 10.2. The quantitative estimate of drug-likeness (QED) is 0.883. The highest BCUT2D eigenvalue weighted by molar-refractivity contribution is 9.10. The second kappa shape index (κ2) is 7.17. The Morgan fingerprint density at radius 1 is 1.25 bits per heavy atom. The summed E-state index contributed by atoms with van der Waals surface area (Å²) in [6.45, 7) is 2.23. The Labute approximate surface area is 126 Å². The molecule has 1 unspecified atom stereocenters. The number of amides is 1. The molecule has 0 fully saturated rings. The van der Waals surface area contributed by atoms with Gasteiger partial charge in [0.1, 0.15) is 0 Å². The summed E-state index contributed by atoms with van der Waals surface area (Å²) in [5, 5.41) is 5.98. The zero-order valence-corrected chi connectivity index (χ0v) is 12.7. The van der Waals surface area contributed by atoms with E-state index in [1.165, 1.54) is 0 Å². The number of halogens is 1. The number of nitrogens with one attached hydrogen (secondary N) is 2. The maximum atomic E-state index is 11.8. The zero-order chi connectivity index (χ0) is 14.4. The summed E-state index contributed by atoms with van der Waals surface area (Å²) >= 11 is 3.36. The lowest BCUT2D eigenvalue weighted by molar-refractivity contribution is -0.115. The number of hydrogen-bond donors (Lipinski definition) is 2. The number of carbonyl (C=O) groups is 1. The highest BCUT2D eigenvalue weighted by Gasteiger charge is 2.08. The second-order valence-corrected chi connectivity index (χ2v) is 5.33. The first kappa shape index (κ1) is 14.7. The van der Waals surface area contributed by atoms with Gasteiger partial charge < -0.3 is 10.6 Å². The van der Waals surface area contributed by atoms with Crippen LogP contribution in [0.1, 0.15) is 18.7 Å². The molecule has 1 heterocycles. The number of nitrogens with zero attached hydrogens (tertiary/aromatic N) is 1. The molecule has 0 saturated carbocycles. The van der Waals surface area contributed by atoms with E-state index in [2.05, 4.69) is 31.5 Å². The number of carbonyl (C=O) groups excluding carboxylic acids is 1. The Hall–Kier alpha value is -1.72. The van der Waals surface area contributed by atoms with E-state index in [0.717, 1.165) is 15.9 Å². The number of pyridine rings is 1. The third-order valence-electron chi connectivity index (χ3n) is 2.83. The van der Waals surface area contributed by atoms with Crippen LogP contribution in [0, 0.1) is 0 Å². The van der Waals surface area contributed by atoms with Gasteiger partial charge in [-0.3, -0.25) is 9.78 Å². The van der Waals surface area contributed by atoms with Crippen LogP contribution in [0.25, 0.3) is 0 Å². The lowest BCUT2D eigenvalue weighted by Crippen LogP contribution is -2.30. The van der Waals surface area contributed by atoms with E-state index in [1.54, 1.807) is 6.20 Å². The van der Waals surface area contributed by atoms with E-state index in [-0.39, 0.29) is 18.5 Å². The fourth-order valence-corrected chi connectivity index (χ4v) is 1.99. The predicted molar refractivity (Wildman–Crippen MR) is 83.4 cm³/mol. The van der Waals surface area contributed by atoms with Crippen molar-refractivity contribution in [2.45, 2.75) is 13.0 Å². The van der Waals surface area contributed by atoms with Gasteiger partial charge in [0.2, 0.25) is 5.91 Å². The summed E-state index contributed by atoms with van der Waals surface area (Å²) in [4.78, 5) is 16.1. The van der Waals surface area contributed by atoms with Gasteiger partial charge in [-0.2, -0.15) is 0 Å². The van der Waals surface area contributed by atoms with E-state index < -0.39 is 0 Å². The van der Waals surface area contributed by atoms with Crippen molar-refractivity contribution in [2.24, 2.45) is 0 Å². The molecule has 1 aromatic carbocycles. The number of anilines is 1. The topological polar surface area (TPSA) is 54.0 Å². The maximum absolute atomic E-state index is 11.8. The van der Waals surface area contributed by atoms with Crippen molar-refractivity contribution in [3.63, 3.8) is 0 Å². The average molecular weight is 334 g/mol. The first-order valence-corrected chi connectivity index (χ1v) is 7.14. The Morgan fingerprint density at radius 2 is 2.00 bits per heavy atom. The smallest absolute Gasteiger partial charge is 0.238 e. The lowest BCUT2D eigenvalue weighted by Gasteiger charge is -2.13. The summed E-state index contributed by atoms with van der Waals surface area (Å²) in [5.41, 5.74) is 1.70. The standard InChI is InChI=1S/C15H16BrN3O/c1-11(14-4-2-3-9-17-14)18-10-15(20)19-13-7-5-12(16)6-8-13/h2-9,11,18H,10H2,1H3,(H,19,20).